The standard InChI is InChI=1S/C25H34N6O3/c1-28(19-11-5-4-6-12-19)16-18-10-7-8-13-20(18)27-21(32)14-9-15-31-17-26-23-22(31)24(33)30(3)25(34)29(23)2/h7-8,10,13,17,19H,4-6,9,11-12,14-16H2,1-3H3,(H,27,32). The van der Waals surface area contributed by atoms with Crippen molar-refractivity contribution >= 4 is 22.8 Å². The van der Waals surface area contributed by atoms with E-state index in [0.717, 1.165) is 22.4 Å². The van der Waals surface area contributed by atoms with Crippen LogP contribution in [0.25, 0.3) is 11.2 Å². The Labute approximate surface area is 199 Å². The van der Waals surface area contributed by atoms with E-state index >= 15 is 0 Å². The van der Waals surface area contributed by atoms with Crippen molar-refractivity contribution in [1.29, 1.82) is 0 Å². The second kappa shape index (κ2) is 10.4. The Hall–Kier alpha value is -3.20. The molecule has 2 heterocycles. The molecule has 34 heavy (non-hydrogen) atoms. The zero-order chi connectivity index (χ0) is 24.2. The summed E-state index contributed by atoms with van der Waals surface area (Å²) in [6, 6.07) is 8.59. The molecule has 182 valence electrons. The van der Waals surface area contributed by atoms with Crippen molar-refractivity contribution in [1.82, 2.24) is 23.6 Å². The van der Waals surface area contributed by atoms with E-state index in [1.807, 2.05) is 18.2 Å². The van der Waals surface area contributed by atoms with E-state index in [1.54, 1.807) is 17.9 Å². The van der Waals surface area contributed by atoms with Crippen LogP contribution >= 0.6 is 0 Å². The van der Waals surface area contributed by atoms with Crippen LogP contribution in [0.5, 0.6) is 0 Å². The number of carbonyl (C=O) groups excluding carboxylic acids is 1. The highest BCUT2D eigenvalue weighted by Gasteiger charge is 2.19. The van der Waals surface area contributed by atoms with E-state index in [4.69, 9.17) is 0 Å². The van der Waals surface area contributed by atoms with Crippen LogP contribution in [0.15, 0.2) is 40.2 Å². The SMILES string of the molecule is CN(Cc1ccccc1NC(=O)CCCn1cnc2c1c(=O)n(C)c(=O)n2C)C1CCCCC1. The van der Waals surface area contributed by atoms with Crippen LogP contribution in [-0.2, 0) is 32.0 Å². The molecule has 4 rings (SSSR count). The van der Waals surface area contributed by atoms with Crippen molar-refractivity contribution in [3.05, 3.63) is 57.0 Å². The average Bonchev–Trinajstić information content (AvgIpc) is 3.27. The molecular weight excluding hydrogens is 432 g/mol. The molecule has 0 atom stereocenters. The Morgan fingerprint density at radius 1 is 1.12 bits per heavy atom. The number of imidazole rings is 1. The van der Waals surface area contributed by atoms with Crippen LogP contribution in [0.4, 0.5) is 5.69 Å². The number of benzene rings is 1. The van der Waals surface area contributed by atoms with Gasteiger partial charge in [-0.2, -0.15) is 0 Å². The van der Waals surface area contributed by atoms with Gasteiger partial charge in [0.1, 0.15) is 0 Å². The molecule has 0 spiro atoms. The molecule has 1 saturated carbocycles. The van der Waals surface area contributed by atoms with E-state index in [0.29, 0.717) is 36.6 Å². The number of anilines is 1. The summed E-state index contributed by atoms with van der Waals surface area (Å²) in [7, 11) is 5.22. The van der Waals surface area contributed by atoms with Gasteiger partial charge in [-0.05, 0) is 37.9 Å². The molecule has 1 N–H and O–H groups in total. The quantitative estimate of drug-likeness (QED) is 0.551. The van der Waals surface area contributed by atoms with Gasteiger partial charge >= 0.3 is 5.69 Å². The third kappa shape index (κ3) is 4.99. The number of aromatic nitrogens is 4. The Morgan fingerprint density at radius 2 is 1.85 bits per heavy atom. The van der Waals surface area contributed by atoms with Gasteiger partial charge in [0.05, 0.1) is 6.33 Å². The van der Waals surface area contributed by atoms with Crippen molar-refractivity contribution < 1.29 is 4.79 Å². The first-order valence-electron chi connectivity index (χ1n) is 12.1. The highest BCUT2D eigenvalue weighted by molar-refractivity contribution is 5.91. The number of nitrogens with one attached hydrogen (secondary N) is 1. The Bertz CT molecular complexity index is 1280. The topological polar surface area (TPSA) is 94.2 Å². The van der Waals surface area contributed by atoms with Gasteiger partial charge in [-0.15, -0.1) is 0 Å². The Kier molecular flexibility index (Phi) is 7.31. The van der Waals surface area contributed by atoms with Crippen LogP contribution < -0.4 is 16.6 Å². The number of aryl methyl sites for hydroxylation is 2. The number of para-hydroxylation sites is 1. The monoisotopic (exact) mass is 466 g/mol. The number of fused-ring (bicyclic) bond motifs is 1. The number of nitrogens with zero attached hydrogens (tertiary/aromatic N) is 5. The normalized spacial score (nSPS) is 14.7. The van der Waals surface area contributed by atoms with Gasteiger partial charge in [0.2, 0.25) is 5.91 Å². The van der Waals surface area contributed by atoms with E-state index in [2.05, 4.69) is 28.3 Å². The van der Waals surface area contributed by atoms with Gasteiger partial charge in [-0.25, -0.2) is 9.78 Å². The minimum absolute atomic E-state index is 0.0579. The minimum Gasteiger partial charge on any atom is -0.326 e. The molecule has 0 bridgehead atoms. The first-order chi connectivity index (χ1) is 16.4. The number of carbonyl (C=O) groups is 1. The molecule has 0 radical (unpaired) electrons. The Morgan fingerprint density at radius 3 is 2.62 bits per heavy atom. The smallest absolute Gasteiger partial charge is 0.326 e. The molecule has 2 aromatic heterocycles. The molecule has 1 amide bonds. The zero-order valence-electron chi connectivity index (χ0n) is 20.3. The fourth-order valence-electron chi connectivity index (χ4n) is 4.89. The number of hydrogen-bond donors (Lipinski definition) is 1. The van der Waals surface area contributed by atoms with Gasteiger partial charge in [0.15, 0.2) is 11.2 Å². The summed E-state index contributed by atoms with van der Waals surface area (Å²) in [5.41, 5.74) is 1.92. The molecule has 0 unspecified atom stereocenters. The van der Waals surface area contributed by atoms with Crippen LogP contribution in [-0.4, -0.2) is 42.6 Å². The van der Waals surface area contributed by atoms with Crippen molar-refractivity contribution in [2.24, 2.45) is 14.1 Å². The summed E-state index contributed by atoms with van der Waals surface area (Å²) >= 11 is 0. The lowest BCUT2D eigenvalue weighted by atomic mass is 9.94. The first kappa shape index (κ1) is 23.9. The molecule has 0 saturated heterocycles. The number of hydrogen-bond acceptors (Lipinski definition) is 5. The van der Waals surface area contributed by atoms with E-state index in [-0.39, 0.29) is 11.5 Å². The van der Waals surface area contributed by atoms with Gasteiger partial charge < -0.3 is 9.88 Å². The second-order valence-corrected chi connectivity index (χ2v) is 9.33. The van der Waals surface area contributed by atoms with Gasteiger partial charge in [-0.3, -0.25) is 23.6 Å². The highest BCUT2D eigenvalue weighted by atomic mass is 16.2. The summed E-state index contributed by atoms with van der Waals surface area (Å²) in [6.45, 7) is 1.27. The van der Waals surface area contributed by atoms with Crippen molar-refractivity contribution in [3.63, 3.8) is 0 Å². The lowest BCUT2D eigenvalue weighted by Gasteiger charge is -2.31. The molecule has 1 aliphatic rings. The molecule has 9 nitrogen and oxygen atoms in total. The molecule has 1 aliphatic carbocycles. The molecule has 9 heteroatoms. The number of amides is 1. The summed E-state index contributed by atoms with van der Waals surface area (Å²) in [5, 5.41) is 3.07. The molecule has 3 aromatic rings. The zero-order valence-corrected chi connectivity index (χ0v) is 20.3. The third-order valence-electron chi connectivity index (χ3n) is 6.93. The minimum atomic E-state index is -0.407. The highest BCUT2D eigenvalue weighted by Crippen LogP contribution is 2.25. The Balaban J connectivity index is 1.37. The van der Waals surface area contributed by atoms with Crippen molar-refractivity contribution in [2.75, 3.05) is 12.4 Å². The van der Waals surface area contributed by atoms with Gasteiger partial charge in [0, 0.05) is 45.3 Å². The molecular formula is C25H34N6O3. The lowest BCUT2D eigenvalue weighted by Crippen LogP contribution is -2.37. The predicted octanol–water partition coefficient (Wildman–Crippen LogP) is 2.62. The summed E-state index contributed by atoms with van der Waals surface area (Å²) in [5.74, 6) is -0.0579. The van der Waals surface area contributed by atoms with Crippen LogP contribution in [0.3, 0.4) is 0 Å². The first-order valence-corrected chi connectivity index (χ1v) is 12.1. The van der Waals surface area contributed by atoms with E-state index in [1.165, 1.54) is 43.7 Å². The van der Waals surface area contributed by atoms with Gasteiger partial charge in [0.25, 0.3) is 5.56 Å². The largest absolute Gasteiger partial charge is 0.332 e. The average molecular weight is 467 g/mol. The maximum Gasteiger partial charge on any atom is 0.332 e. The molecule has 1 fully saturated rings. The maximum absolute atomic E-state index is 12.7. The maximum atomic E-state index is 12.7. The fraction of sp³-hybridized carbons (Fsp3) is 0.520. The third-order valence-corrected chi connectivity index (χ3v) is 6.93. The van der Waals surface area contributed by atoms with E-state index in [9.17, 15) is 14.4 Å². The van der Waals surface area contributed by atoms with Gasteiger partial charge in [-0.1, -0.05) is 37.5 Å². The van der Waals surface area contributed by atoms with Crippen molar-refractivity contribution in [3.8, 4) is 0 Å². The van der Waals surface area contributed by atoms with Crippen molar-refractivity contribution in [2.45, 2.75) is 64.1 Å². The lowest BCUT2D eigenvalue weighted by molar-refractivity contribution is -0.116. The fourth-order valence-corrected chi connectivity index (χ4v) is 4.89. The molecule has 0 aliphatic heterocycles. The summed E-state index contributed by atoms with van der Waals surface area (Å²) in [6.07, 6.45) is 8.82. The number of rotatable bonds is 8. The van der Waals surface area contributed by atoms with E-state index < -0.39 is 5.69 Å². The van der Waals surface area contributed by atoms with Crippen LogP contribution in [0.1, 0.15) is 50.5 Å². The van der Waals surface area contributed by atoms with Crippen LogP contribution in [0.2, 0.25) is 0 Å². The molecule has 1 aromatic carbocycles. The predicted molar refractivity (Wildman–Crippen MR) is 133 cm³/mol. The second-order valence-electron chi connectivity index (χ2n) is 9.33. The summed E-state index contributed by atoms with van der Waals surface area (Å²) in [4.78, 5) is 44.0. The summed E-state index contributed by atoms with van der Waals surface area (Å²) < 4.78 is 4.16. The van der Waals surface area contributed by atoms with Crippen LogP contribution in [0, 0.1) is 0 Å².